The van der Waals surface area contributed by atoms with Crippen LogP contribution < -0.4 is 20.3 Å². The molecule has 1 N–H and O–H groups in total. The fraction of sp³-hybridized carbons (Fsp3) is 0.423. The highest BCUT2D eigenvalue weighted by atomic mass is 16.6. The number of hydrogen-bond acceptors (Lipinski definition) is 7. The maximum Gasteiger partial charge on any atom is 0.320 e. The maximum atomic E-state index is 12.6. The van der Waals surface area contributed by atoms with Gasteiger partial charge in [-0.3, -0.25) is 14.6 Å². The van der Waals surface area contributed by atoms with Crippen molar-refractivity contribution in [1.29, 1.82) is 0 Å². The molecule has 0 aliphatic rings. The Labute approximate surface area is 199 Å². The summed E-state index contributed by atoms with van der Waals surface area (Å²) in [6.45, 7) is 8.21. The lowest BCUT2D eigenvalue weighted by atomic mass is 9.94. The second-order valence-corrected chi connectivity index (χ2v) is 9.29. The molecule has 3 rings (SSSR count). The van der Waals surface area contributed by atoms with E-state index in [1.54, 1.807) is 38.2 Å². The summed E-state index contributed by atoms with van der Waals surface area (Å²) in [5, 5.41) is 4.52. The lowest BCUT2D eigenvalue weighted by molar-refractivity contribution is -0.153. The van der Waals surface area contributed by atoms with Crippen LogP contribution in [0.2, 0.25) is 0 Å². The molecule has 0 aliphatic carbocycles. The minimum absolute atomic E-state index is 0.0116. The molecular formula is C26H33N3O5. The molecule has 0 radical (unpaired) electrons. The van der Waals surface area contributed by atoms with E-state index in [4.69, 9.17) is 14.2 Å². The fourth-order valence-corrected chi connectivity index (χ4v) is 3.99. The smallest absolute Gasteiger partial charge is 0.320 e. The van der Waals surface area contributed by atoms with Crippen LogP contribution in [0.25, 0.3) is 21.9 Å². The third-order valence-electron chi connectivity index (χ3n) is 5.47. The van der Waals surface area contributed by atoms with Gasteiger partial charge >= 0.3 is 5.97 Å². The highest BCUT2D eigenvalue weighted by molar-refractivity contribution is 5.95. The standard InChI is InChI=1S/C26H33N3O5/c1-16(12-28-14-23(30)34-26(2,3)4)24-21(32-6)10-17(11-22(24)33-7)20-15-29(5)25(31)19-13-27-9-8-18(19)20/h8-11,13,15-16,28H,12,14H2,1-7H3. The SMILES string of the molecule is COc1cc(-c2cn(C)c(=O)c3cnccc23)cc(OC)c1C(C)CNCC(=O)OC(C)(C)C. The van der Waals surface area contributed by atoms with Gasteiger partial charge < -0.3 is 24.1 Å². The van der Waals surface area contributed by atoms with Crippen molar-refractivity contribution in [2.45, 2.75) is 39.2 Å². The summed E-state index contributed by atoms with van der Waals surface area (Å²) in [6.07, 6.45) is 5.07. The third-order valence-corrected chi connectivity index (χ3v) is 5.47. The third kappa shape index (κ3) is 5.56. The summed E-state index contributed by atoms with van der Waals surface area (Å²) in [7, 11) is 4.96. The van der Waals surface area contributed by atoms with Crippen molar-refractivity contribution < 1.29 is 19.0 Å². The van der Waals surface area contributed by atoms with E-state index < -0.39 is 5.60 Å². The van der Waals surface area contributed by atoms with Crippen molar-refractivity contribution in [1.82, 2.24) is 14.9 Å². The van der Waals surface area contributed by atoms with E-state index in [-0.39, 0.29) is 24.0 Å². The van der Waals surface area contributed by atoms with Crippen molar-refractivity contribution in [3.8, 4) is 22.6 Å². The highest BCUT2D eigenvalue weighted by Gasteiger charge is 2.21. The van der Waals surface area contributed by atoms with Gasteiger partial charge in [-0.25, -0.2) is 0 Å². The number of aromatic nitrogens is 2. The Kier molecular flexibility index (Phi) is 7.61. The van der Waals surface area contributed by atoms with Crippen LogP contribution in [0.15, 0.2) is 41.6 Å². The number of nitrogens with zero attached hydrogens (tertiary/aromatic N) is 2. The van der Waals surface area contributed by atoms with Crippen LogP contribution in [-0.2, 0) is 16.6 Å². The highest BCUT2D eigenvalue weighted by Crippen LogP contribution is 2.40. The molecule has 0 bridgehead atoms. The molecule has 0 fully saturated rings. The molecule has 2 heterocycles. The zero-order valence-electron chi connectivity index (χ0n) is 20.9. The normalized spacial score (nSPS) is 12.4. The Morgan fingerprint density at radius 1 is 1.15 bits per heavy atom. The molecule has 34 heavy (non-hydrogen) atoms. The first-order valence-corrected chi connectivity index (χ1v) is 11.2. The Bertz CT molecular complexity index is 1220. The van der Waals surface area contributed by atoms with Gasteiger partial charge in [0, 0.05) is 49.2 Å². The molecule has 0 saturated carbocycles. The van der Waals surface area contributed by atoms with Crippen LogP contribution in [0.5, 0.6) is 11.5 Å². The van der Waals surface area contributed by atoms with Crippen LogP contribution in [0.4, 0.5) is 0 Å². The van der Waals surface area contributed by atoms with Crippen LogP contribution >= 0.6 is 0 Å². The average Bonchev–Trinajstić information content (AvgIpc) is 2.79. The number of esters is 1. The quantitative estimate of drug-likeness (QED) is 0.506. The summed E-state index contributed by atoms with van der Waals surface area (Å²) in [5.41, 5.74) is 2.00. The molecule has 3 aromatic rings. The molecule has 1 aromatic carbocycles. The number of benzene rings is 1. The van der Waals surface area contributed by atoms with Crippen molar-refractivity contribution in [3.05, 3.63) is 52.7 Å². The zero-order valence-corrected chi connectivity index (χ0v) is 20.9. The molecule has 1 atom stereocenters. The molecule has 0 saturated heterocycles. The topological polar surface area (TPSA) is 91.7 Å². The van der Waals surface area contributed by atoms with Gasteiger partial charge in [0.15, 0.2) is 0 Å². The van der Waals surface area contributed by atoms with Crippen molar-refractivity contribution >= 4 is 16.7 Å². The molecule has 0 spiro atoms. The van der Waals surface area contributed by atoms with E-state index in [0.717, 1.165) is 22.1 Å². The number of carbonyl (C=O) groups excluding carboxylic acids is 1. The number of pyridine rings is 2. The van der Waals surface area contributed by atoms with Gasteiger partial charge in [0.2, 0.25) is 0 Å². The van der Waals surface area contributed by atoms with E-state index in [2.05, 4.69) is 10.3 Å². The molecular weight excluding hydrogens is 434 g/mol. The summed E-state index contributed by atoms with van der Waals surface area (Å²) < 4.78 is 18.4. The van der Waals surface area contributed by atoms with Crippen LogP contribution in [0.1, 0.15) is 39.2 Å². The largest absolute Gasteiger partial charge is 0.496 e. The molecule has 2 aromatic heterocycles. The number of ether oxygens (including phenoxy) is 3. The lowest BCUT2D eigenvalue weighted by Gasteiger charge is -2.22. The summed E-state index contributed by atoms with van der Waals surface area (Å²) >= 11 is 0. The van der Waals surface area contributed by atoms with Crippen LogP contribution in [-0.4, -0.2) is 48.4 Å². The van der Waals surface area contributed by atoms with Crippen LogP contribution in [0, 0.1) is 0 Å². The Morgan fingerprint density at radius 2 is 1.79 bits per heavy atom. The first-order valence-electron chi connectivity index (χ1n) is 11.2. The summed E-state index contributed by atoms with van der Waals surface area (Å²) in [4.78, 5) is 28.7. The number of methoxy groups -OCH3 is 2. The monoisotopic (exact) mass is 467 g/mol. The average molecular weight is 468 g/mol. The molecule has 0 amide bonds. The molecule has 8 heteroatoms. The number of hydrogen-bond donors (Lipinski definition) is 1. The van der Waals surface area contributed by atoms with Gasteiger partial charge in [-0.2, -0.15) is 0 Å². The Balaban J connectivity index is 1.95. The Hall–Kier alpha value is -3.39. The number of aryl methyl sites for hydroxylation is 1. The van der Waals surface area contributed by atoms with E-state index in [1.165, 1.54) is 0 Å². The molecule has 1 unspecified atom stereocenters. The number of rotatable bonds is 8. The summed E-state index contributed by atoms with van der Waals surface area (Å²) in [6, 6.07) is 5.73. The predicted molar refractivity (Wildman–Crippen MR) is 133 cm³/mol. The number of fused-ring (bicyclic) bond motifs is 1. The first kappa shape index (κ1) is 25.2. The molecule has 0 aliphatic heterocycles. The van der Waals surface area contributed by atoms with Gasteiger partial charge in [-0.1, -0.05) is 6.92 Å². The molecule has 8 nitrogen and oxygen atoms in total. The molecule has 182 valence electrons. The Morgan fingerprint density at radius 3 is 2.38 bits per heavy atom. The summed E-state index contributed by atoms with van der Waals surface area (Å²) in [5.74, 6) is 1.02. The van der Waals surface area contributed by atoms with Crippen molar-refractivity contribution in [3.63, 3.8) is 0 Å². The minimum Gasteiger partial charge on any atom is -0.496 e. The lowest BCUT2D eigenvalue weighted by Crippen LogP contribution is -2.33. The number of carbonyl (C=O) groups is 1. The van der Waals surface area contributed by atoms with E-state index in [0.29, 0.717) is 23.4 Å². The second kappa shape index (κ2) is 10.3. The zero-order chi connectivity index (χ0) is 25.0. The van der Waals surface area contributed by atoms with Gasteiger partial charge in [-0.05, 0) is 49.9 Å². The minimum atomic E-state index is -0.520. The maximum absolute atomic E-state index is 12.6. The van der Waals surface area contributed by atoms with Gasteiger partial charge in [0.1, 0.15) is 17.1 Å². The van der Waals surface area contributed by atoms with Gasteiger partial charge in [0.25, 0.3) is 5.56 Å². The van der Waals surface area contributed by atoms with Gasteiger partial charge in [-0.15, -0.1) is 0 Å². The van der Waals surface area contributed by atoms with E-state index in [9.17, 15) is 9.59 Å². The first-order chi connectivity index (χ1) is 16.1. The predicted octanol–water partition coefficient (Wildman–Crippen LogP) is 3.65. The van der Waals surface area contributed by atoms with Crippen molar-refractivity contribution in [2.75, 3.05) is 27.3 Å². The number of nitrogens with one attached hydrogen (secondary N) is 1. The van der Waals surface area contributed by atoms with E-state index in [1.807, 2.05) is 52.1 Å². The fourth-order valence-electron chi connectivity index (χ4n) is 3.99. The van der Waals surface area contributed by atoms with Crippen LogP contribution in [0.3, 0.4) is 0 Å². The second-order valence-electron chi connectivity index (χ2n) is 9.29. The van der Waals surface area contributed by atoms with Gasteiger partial charge in [0.05, 0.1) is 26.2 Å². The van der Waals surface area contributed by atoms with E-state index >= 15 is 0 Å². The van der Waals surface area contributed by atoms with Crippen molar-refractivity contribution in [2.24, 2.45) is 7.05 Å².